The van der Waals surface area contributed by atoms with Crippen LogP contribution in [0.5, 0.6) is 0 Å². The number of fused-ring (bicyclic) bond motifs is 1. The average molecular weight is 524 g/mol. The minimum absolute atomic E-state index is 0.0952. The van der Waals surface area contributed by atoms with Crippen molar-refractivity contribution < 1.29 is 24.3 Å². The van der Waals surface area contributed by atoms with Crippen LogP contribution in [-0.2, 0) is 26.5 Å². The van der Waals surface area contributed by atoms with Gasteiger partial charge in [0.05, 0.1) is 6.33 Å². The number of rotatable bonds is 11. The molecule has 2 heterocycles. The summed E-state index contributed by atoms with van der Waals surface area (Å²) in [6, 6.07) is 11.4. The van der Waals surface area contributed by atoms with E-state index in [9.17, 15) is 24.3 Å². The van der Waals surface area contributed by atoms with Crippen LogP contribution in [0.15, 0.2) is 61.2 Å². The summed E-state index contributed by atoms with van der Waals surface area (Å²) in [7, 11) is 0. The number of aromatic nitrogens is 2. The lowest BCUT2D eigenvalue weighted by atomic mass is 9.86. The number of hydrogen-bond acceptors (Lipinski definition) is 6. The van der Waals surface area contributed by atoms with E-state index < -0.39 is 41.9 Å². The van der Waals surface area contributed by atoms with Crippen molar-refractivity contribution in [2.45, 2.75) is 31.5 Å². The lowest BCUT2D eigenvalue weighted by Gasteiger charge is -2.33. The maximum Gasteiger partial charge on any atom is 0.328 e. The number of amides is 4. The average Bonchev–Trinajstić information content (AvgIpc) is 3.47. The molecule has 1 saturated heterocycles. The molecule has 0 saturated carbocycles. The van der Waals surface area contributed by atoms with Crippen LogP contribution in [0.4, 0.5) is 4.79 Å². The first-order chi connectivity index (χ1) is 17.8. The number of carboxylic acids is 1. The van der Waals surface area contributed by atoms with Crippen LogP contribution >= 0.6 is 11.8 Å². The molecule has 0 radical (unpaired) electrons. The second kappa shape index (κ2) is 11.0. The third-order valence-corrected chi connectivity index (χ3v) is 7.31. The molecule has 2 atom stereocenters. The van der Waals surface area contributed by atoms with E-state index in [-0.39, 0.29) is 13.0 Å². The minimum atomic E-state index is -1.47. The highest BCUT2D eigenvalue weighted by atomic mass is 32.2. The van der Waals surface area contributed by atoms with Gasteiger partial charge >= 0.3 is 12.0 Å². The third kappa shape index (κ3) is 5.17. The van der Waals surface area contributed by atoms with Crippen LogP contribution in [0.2, 0.25) is 0 Å². The van der Waals surface area contributed by atoms with Gasteiger partial charge in [-0.2, -0.15) is 11.8 Å². The number of carboxylic acid groups (broad SMARTS) is 1. The minimum Gasteiger partial charge on any atom is -0.480 e. The van der Waals surface area contributed by atoms with Crippen molar-refractivity contribution in [3.63, 3.8) is 0 Å². The summed E-state index contributed by atoms with van der Waals surface area (Å²) in [6.07, 6.45) is 7.04. The number of carbonyl (C=O) groups excluding carboxylic acids is 3. The fourth-order valence-electron chi connectivity index (χ4n) is 4.65. The van der Waals surface area contributed by atoms with Gasteiger partial charge in [-0.05, 0) is 41.7 Å². The molecule has 194 valence electrons. The number of imide groups is 1. The SMILES string of the molecule is CSCCC(NC(=O)CN1C(=O)N(CCn2ccnc2)C(=O)C1(C)c1cccc2ccccc12)C(=O)O. The van der Waals surface area contributed by atoms with Crippen molar-refractivity contribution >= 4 is 46.3 Å². The normalized spacial score (nSPS) is 18.4. The smallest absolute Gasteiger partial charge is 0.328 e. The van der Waals surface area contributed by atoms with E-state index in [1.807, 2.05) is 42.7 Å². The zero-order valence-corrected chi connectivity index (χ0v) is 21.5. The number of carbonyl (C=O) groups is 4. The highest BCUT2D eigenvalue weighted by Gasteiger charge is 2.56. The van der Waals surface area contributed by atoms with Crippen molar-refractivity contribution in [1.29, 1.82) is 0 Å². The first-order valence-corrected chi connectivity index (χ1v) is 13.3. The summed E-state index contributed by atoms with van der Waals surface area (Å²) < 4.78 is 1.76. The molecule has 1 aromatic heterocycles. The summed E-state index contributed by atoms with van der Waals surface area (Å²) in [5, 5.41) is 13.7. The van der Waals surface area contributed by atoms with Gasteiger partial charge < -0.3 is 15.0 Å². The predicted octanol–water partition coefficient (Wildman–Crippen LogP) is 2.54. The molecule has 4 rings (SSSR count). The Balaban J connectivity index is 1.69. The number of nitrogens with zero attached hydrogens (tertiary/aromatic N) is 4. The van der Waals surface area contributed by atoms with Crippen molar-refractivity contribution in [1.82, 2.24) is 24.7 Å². The van der Waals surface area contributed by atoms with E-state index in [0.29, 0.717) is 17.9 Å². The summed E-state index contributed by atoms with van der Waals surface area (Å²) >= 11 is 1.47. The summed E-state index contributed by atoms with van der Waals surface area (Å²) in [5.41, 5.74) is -0.874. The molecular weight excluding hydrogens is 494 g/mol. The van der Waals surface area contributed by atoms with Crippen molar-refractivity contribution in [2.24, 2.45) is 0 Å². The zero-order valence-electron chi connectivity index (χ0n) is 20.7. The Morgan fingerprint density at radius 2 is 1.89 bits per heavy atom. The maximum atomic E-state index is 13.9. The topological polar surface area (TPSA) is 125 Å². The quantitative estimate of drug-likeness (QED) is 0.370. The van der Waals surface area contributed by atoms with E-state index in [0.717, 1.165) is 15.7 Å². The number of benzene rings is 2. The summed E-state index contributed by atoms with van der Waals surface area (Å²) in [4.78, 5) is 58.6. The molecule has 0 aliphatic carbocycles. The van der Waals surface area contributed by atoms with Crippen LogP contribution < -0.4 is 5.32 Å². The van der Waals surface area contributed by atoms with Crippen LogP contribution in [0.25, 0.3) is 10.8 Å². The molecule has 1 fully saturated rings. The molecule has 0 spiro atoms. The molecule has 11 heteroatoms. The first kappa shape index (κ1) is 26.2. The van der Waals surface area contributed by atoms with E-state index in [1.54, 1.807) is 36.3 Å². The Labute approximate surface area is 218 Å². The fourth-order valence-corrected chi connectivity index (χ4v) is 5.12. The van der Waals surface area contributed by atoms with Crippen LogP contribution in [0.3, 0.4) is 0 Å². The van der Waals surface area contributed by atoms with Gasteiger partial charge in [0.1, 0.15) is 18.1 Å². The molecule has 1 aliphatic rings. The fraction of sp³-hybridized carbons (Fsp3) is 0.346. The molecule has 2 N–H and O–H groups in total. The van der Waals surface area contributed by atoms with E-state index >= 15 is 0 Å². The second-order valence-corrected chi connectivity index (χ2v) is 9.95. The third-order valence-electron chi connectivity index (χ3n) is 6.66. The number of aliphatic carboxylic acids is 1. The van der Waals surface area contributed by atoms with Gasteiger partial charge in [-0.25, -0.2) is 14.6 Å². The molecular formula is C26H29N5O5S. The van der Waals surface area contributed by atoms with Gasteiger partial charge in [-0.1, -0.05) is 42.5 Å². The molecule has 10 nitrogen and oxygen atoms in total. The summed E-state index contributed by atoms with van der Waals surface area (Å²) in [6.45, 7) is 1.62. The van der Waals surface area contributed by atoms with Crippen LogP contribution in [-0.4, -0.2) is 79.4 Å². The number of thioether (sulfide) groups is 1. The maximum absolute atomic E-state index is 13.9. The molecule has 2 unspecified atom stereocenters. The Morgan fingerprint density at radius 3 is 2.59 bits per heavy atom. The van der Waals surface area contributed by atoms with E-state index in [2.05, 4.69) is 10.3 Å². The molecule has 2 aromatic carbocycles. The van der Waals surface area contributed by atoms with Gasteiger partial charge in [-0.15, -0.1) is 0 Å². The van der Waals surface area contributed by atoms with Gasteiger partial charge in [0.25, 0.3) is 5.91 Å². The number of imidazole rings is 1. The van der Waals surface area contributed by atoms with Crippen molar-refractivity contribution in [3.05, 3.63) is 66.7 Å². The second-order valence-electron chi connectivity index (χ2n) is 8.96. The van der Waals surface area contributed by atoms with Crippen LogP contribution in [0.1, 0.15) is 18.9 Å². The van der Waals surface area contributed by atoms with E-state index in [1.165, 1.54) is 16.7 Å². The number of nitrogens with one attached hydrogen (secondary N) is 1. The molecule has 3 aromatic rings. The van der Waals surface area contributed by atoms with Gasteiger partial charge in [-0.3, -0.25) is 19.4 Å². The highest BCUT2D eigenvalue weighted by molar-refractivity contribution is 7.98. The standard InChI is InChI=1S/C26H29N5O5S/c1-26(20-9-5-7-18-6-3-4-8-19(18)20)24(35)30(14-13-29-12-11-27-17-29)25(36)31(26)16-22(32)28-21(23(33)34)10-15-37-2/h3-9,11-12,17,21H,10,13-16H2,1-2H3,(H,28,32)(H,33,34). The van der Waals surface area contributed by atoms with Gasteiger partial charge in [0.2, 0.25) is 5.91 Å². The lowest BCUT2D eigenvalue weighted by Crippen LogP contribution is -2.51. The first-order valence-electron chi connectivity index (χ1n) is 11.9. The Bertz CT molecular complexity index is 1310. The van der Waals surface area contributed by atoms with Crippen molar-refractivity contribution in [2.75, 3.05) is 25.1 Å². The Hall–Kier alpha value is -3.86. The van der Waals surface area contributed by atoms with Gasteiger partial charge in [0, 0.05) is 25.5 Å². The lowest BCUT2D eigenvalue weighted by molar-refractivity contribution is -0.142. The van der Waals surface area contributed by atoms with Crippen molar-refractivity contribution in [3.8, 4) is 0 Å². The highest BCUT2D eigenvalue weighted by Crippen LogP contribution is 2.40. The summed E-state index contributed by atoms with van der Waals surface area (Å²) in [5.74, 6) is -1.68. The Kier molecular flexibility index (Phi) is 7.82. The Morgan fingerprint density at radius 1 is 1.14 bits per heavy atom. The zero-order chi connectivity index (χ0) is 26.6. The van der Waals surface area contributed by atoms with Crippen LogP contribution in [0, 0.1) is 0 Å². The number of hydrogen-bond donors (Lipinski definition) is 2. The van der Waals surface area contributed by atoms with Gasteiger partial charge in [0.15, 0.2) is 0 Å². The number of urea groups is 1. The van der Waals surface area contributed by atoms with E-state index in [4.69, 9.17) is 0 Å². The monoisotopic (exact) mass is 523 g/mol. The largest absolute Gasteiger partial charge is 0.480 e. The molecule has 0 bridgehead atoms. The molecule has 4 amide bonds. The predicted molar refractivity (Wildman–Crippen MR) is 140 cm³/mol. The molecule has 1 aliphatic heterocycles. The molecule has 37 heavy (non-hydrogen) atoms.